The van der Waals surface area contributed by atoms with Crippen molar-refractivity contribution >= 4 is 0 Å². The van der Waals surface area contributed by atoms with Crippen LogP contribution in [0.2, 0.25) is 0 Å². The Labute approximate surface area is 83.6 Å². The lowest BCUT2D eigenvalue weighted by molar-refractivity contribution is 0.415. The number of hydrogen-bond acceptors (Lipinski definition) is 1. The average molecular weight is 183 g/mol. The summed E-state index contributed by atoms with van der Waals surface area (Å²) in [6, 6.07) is 0. The van der Waals surface area contributed by atoms with E-state index in [-0.39, 0.29) is 0 Å². The minimum atomic E-state index is 0.799. The van der Waals surface area contributed by atoms with Crippen LogP contribution in [0.5, 0.6) is 0 Å². The Morgan fingerprint density at radius 2 is 1.92 bits per heavy atom. The molecule has 0 bridgehead atoms. The molecule has 0 aliphatic carbocycles. The molecule has 0 saturated carbocycles. The minimum Gasteiger partial charge on any atom is -0.319 e. The predicted molar refractivity (Wildman–Crippen MR) is 60.9 cm³/mol. The lowest BCUT2D eigenvalue weighted by atomic mass is 9.91. The Morgan fingerprint density at radius 3 is 2.38 bits per heavy atom. The maximum absolute atomic E-state index is 3.15. The van der Waals surface area contributed by atoms with Gasteiger partial charge in [0.25, 0.3) is 0 Å². The molecule has 0 amide bonds. The molecule has 0 aliphatic heterocycles. The molecule has 1 atom stereocenters. The molecule has 1 unspecified atom stereocenters. The highest BCUT2D eigenvalue weighted by Gasteiger charge is 2.06. The standard InChI is InChI=1S/C12H25N/c1-10(2)12(4)9-11(3)7-6-8-13-5/h7,10,12-13H,6,8-9H2,1-5H3. The van der Waals surface area contributed by atoms with Gasteiger partial charge in [-0.3, -0.25) is 0 Å². The molecule has 0 spiro atoms. The lowest BCUT2D eigenvalue weighted by Gasteiger charge is -2.15. The first-order valence-electron chi connectivity index (χ1n) is 5.38. The smallest absolute Gasteiger partial charge is 0.00172 e. The number of hydrogen-bond donors (Lipinski definition) is 1. The van der Waals surface area contributed by atoms with Gasteiger partial charge in [-0.05, 0) is 45.2 Å². The molecule has 0 aromatic heterocycles. The molecule has 0 aromatic carbocycles. The summed E-state index contributed by atoms with van der Waals surface area (Å²) < 4.78 is 0. The van der Waals surface area contributed by atoms with Crippen molar-refractivity contribution in [2.24, 2.45) is 11.8 Å². The second kappa shape index (κ2) is 7.14. The van der Waals surface area contributed by atoms with E-state index in [4.69, 9.17) is 0 Å². The van der Waals surface area contributed by atoms with Crippen LogP contribution in [-0.2, 0) is 0 Å². The average Bonchev–Trinajstić information content (AvgIpc) is 2.04. The van der Waals surface area contributed by atoms with Crippen LogP contribution in [0.4, 0.5) is 0 Å². The van der Waals surface area contributed by atoms with Crippen molar-refractivity contribution in [3.8, 4) is 0 Å². The van der Waals surface area contributed by atoms with Gasteiger partial charge in [-0.2, -0.15) is 0 Å². The highest BCUT2D eigenvalue weighted by molar-refractivity contribution is 4.99. The highest BCUT2D eigenvalue weighted by atomic mass is 14.8. The van der Waals surface area contributed by atoms with Gasteiger partial charge in [0, 0.05) is 0 Å². The first kappa shape index (κ1) is 12.7. The zero-order chi connectivity index (χ0) is 10.3. The van der Waals surface area contributed by atoms with Crippen molar-refractivity contribution in [2.75, 3.05) is 13.6 Å². The third-order valence-electron chi connectivity index (χ3n) is 2.67. The van der Waals surface area contributed by atoms with Crippen molar-refractivity contribution in [1.82, 2.24) is 5.32 Å². The van der Waals surface area contributed by atoms with Gasteiger partial charge in [-0.15, -0.1) is 0 Å². The molecule has 13 heavy (non-hydrogen) atoms. The summed E-state index contributed by atoms with van der Waals surface area (Å²) in [5, 5.41) is 3.15. The second-order valence-electron chi connectivity index (χ2n) is 4.37. The predicted octanol–water partition coefficient (Wildman–Crippen LogP) is 3.22. The third kappa shape index (κ3) is 6.83. The molecular formula is C12H25N. The molecule has 0 aliphatic rings. The highest BCUT2D eigenvalue weighted by Crippen LogP contribution is 2.18. The Bertz CT molecular complexity index is 147. The van der Waals surface area contributed by atoms with Gasteiger partial charge in [0.15, 0.2) is 0 Å². The van der Waals surface area contributed by atoms with E-state index < -0.39 is 0 Å². The van der Waals surface area contributed by atoms with Gasteiger partial charge in [0.1, 0.15) is 0 Å². The van der Waals surface area contributed by atoms with Crippen molar-refractivity contribution in [2.45, 2.75) is 40.5 Å². The topological polar surface area (TPSA) is 12.0 Å². The van der Waals surface area contributed by atoms with Crippen LogP contribution in [0.25, 0.3) is 0 Å². The van der Waals surface area contributed by atoms with Crippen molar-refractivity contribution in [3.05, 3.63) is 11.6 Å². The molecule has 1 heteroatoms. The molecule has 78 valence electrons. The summed E-state index contributed by atoms with van der Waals surface area (Å²) in [5.41, 5.74) is 1.54. The lowest BCUT2D eigenvalue weighted by Crippen LogP contribution is -2.07. The van der Waals surface area contributed by atoms with Crippen molar-refractivity contribution in [1.29, 1.82) is 0 Å². The largest absolute Gasteiger partial charge is 0.319 e. The maximum atomic E-state index is 3.15. The van der Waals surface area contributed by atoms with Crippen LogP contribution in [-0.4, -0.2) is 13.6 Å². The SMILES string of the molecule is CNCCC=C(C)CC(C)C(C)C. The number of nitrogens with one attached hydrogen (secondary N) is 1. The monoisotopic (exact) mass is 183 g/mol. The van der Waals surface area contributed by atoms with E-state index in [9.17, 15) is 0 Å². The zero-order valence-electron chi connectivity index (χ0n) is 9.85. The van der Waals surface area contributed by atoms with Crippen LogP contribution < -0.4 is 5.32 Å². The molecule has 0 heterocycles. The van der Waals surface area contributed by atoms with E-state index in [0.29, 0.717) is 0 Å². The Morgan fingerprint density at radius 1 is 1.31 bits per heavy atom. The van der Waals surface area contributed by atoms with Gasteiger partial charge in [0.05, 0.1) is 0 Å². The number of allylic oxidation sites excluding steroid dienone is 1. The summed E-state index contributed by atoms with van der Waals surface area (Å²) in [4.78, 5) is 0. The van der Waals surface area contributed by atoms with Gasteiger partial charge >= 0.3 is 0 Å². The normalized spacial score (nSPS) is 15.1. The fourth-order valence-corrected chi connectivity index (χ4v) is 1.29. The molecular weight excluding hydrogens is 158 g/mol. The van der Waals surface area contributed by atoms with Crippen LogP contribution in [0.1, 0.15) is 40.5 Å². The summed E-state index contributed by atoms with van der Waals surface area (Å²) in [5.74, 6) is 1.61. The van der Waals surface area contributed by atoms with Crippen LogP contribution in [0.3, 0.4) is 0 Å². The first-order chi connectivity index (χ1) is 6.07. The maximum Gasteiger partial charge on any atom is -0.00172 e. The Hall–Kier alpha value is -0.300. The van der Waals surface area contributed by atoms with Crippen LogP contribution >= 0.6 is 0 Å². The third-order valence-corrected chi connectivity index (χ3v) is 2.67. The van der Waals surface area contributed by atoms with Crippen molar-refractivity contribution < 1.29 is 0 Å². The van der Waals surface area contributed by atoms with Gasteiger partial charge in [0.2, 0.25) is 0 Å². The molecule has 0 radical (unpaired) electrons. The number of rotatable bonds is 6. The summed E-state index contributed by atoms with van der Waals surface area (Å²) in [6.07, 6.45) is 4.77. The quantitative estimate of drug-likeness (QED) is 0.492. The van der Waals surface area contributed by atoms with Crippen molar-refractivity contribution in [3.63, 3.8) is 0 Å². The van der Waals surface area contributed by atoms with E-state index in [1.165, 1.54) is 12.0 Å². The molecule has 0 rings (SSSR count). The zero-order valence-corrected chi connectivity index (χ0v) is 9.85. The fourth-order valence-electron chi connectivity index (χ4n) is 1.29. The van der Waals surface area contributed by atoms with E-state index in [2.05, 4.69) is 39.1 Å². The van der Waals surface area contributed by atoms with Gasteiger partial charge < -0.3 is 5.32 Å². The van der Waals surface area contributed by atoms with Gasteiger partial charge in [-0.1, -0.05) is 32.4 Å². The molecule has 1 nitrogen and oxygen atoms in total. The van der Waals surface area contributed by atoms with Crippen LogP contribution in [0.15, 0.2) is 11.6 Å². The van der Waals surface area contributed by atoms with Crippen LogP contribution in [0, 0.1) is 11.8 Å². The van der Waals surface area contributed by atoms with E-state index >= 15 is 0 Å². The van der Waals surface area contributed by atoms with E-state index in [1.807, 2.05) is 7.05 Å². The Balaban J connectivity index is 3.71. The van der Waals surface area contributed by atoms with Gasteiger partial charge in [-0.25, -0.2) is 0 Å². The van der Waals surface area contributed by atoms with E-state index in [0.717, 1.165) is 24.8 Å². The minimum absolute atomic E-state index is 0.799. The molecule has 0 fully saturated rings. The molecule has 0 saturated heterocycles. The molecule has 1 N–H and O–H groups in total. The summed E-state index contributed by atoms with van der Waals surface area (Å²) in [6.45, 7) is 10.3. The van der Waals surface area contributed by atoms with E-state index in [1.54, 1.807) is 0 Å². The fraction of sp³-hybridized carbons (Fsp3) is 0.833. The second-order valence-corrected chi connectivity index (χ2v) is 4.37. The summed E-state index contributed by atoms with van der Waals surface area (Å²) >= 11 is 0. The molecule has 0 aromatic rings. The first-order valence-corrected chi connectivity index (χ1v) is 5.38. The summed E-state index contributed by atoms with van der Waals surface area (Å²) in [7, 11) is 2.00. The Kier molecular flexibility index (Phi) is 6.97.